The minimum Gasteiger partial charge on any atom is -0.444 e. The maximum absolute atomic E-state index is 11.8. The van der Waals surface area contributed by atoms with Gasteiger partial charge in [-0.05, 0) is 53.0 Å². The van der Waals surface area contributed by atoms with Gasteiger partial charge >= 0.3 is 6.09 Å². The number of nitrogens with zero attached hydrogens (tertiary/aromatic N) is 1. The van der Waals surface area contributed by atoms with E-state index in [0.717, 1.165) is 19.0 Å². The Morgan fingerprint density at radius 2 is 2.05 bits per heavy atom. The number of ether oxygens (including phenoxy) is 1. The molecule has 0 saturated heterocycles. The van der Waals surface area contributed by atoms with Crippen LogP contribution in [0.15, 0.2) is 0 Å². The van der Waals surface area contributed by atoms with Crippen LogP contribution in [0.25, 0.3) is 0 Å². The molecule has 0 aliphatic heterocycles. The molecule has 3 N–H and O–H groups in total. The van der Waals surface area contributed by atoms with Gasteiger partial charge in [-0.15, -0.1) is 0 Å². The summed E-state index contributed by atoms with van der Waals surface area (Å²) in [4.78, 5) is 14.2. The summed E-state index contributed by atoms with van der Waals surface area (Å²) in [7, 11) is 0. The summed E-state index contributed by atoms with van der Waals surface area (Å²) < 4.78 is 5.30. The summed E-state index contributed by atoms with van der Waals surface area (Å²) in [5, 5.41) is 2.91. The van der Waals surface area contributed by atoms with E-state index in [1.165, 1.54) is 12.8 Å². The van der Waals surface area contributed by atoms with Crippen molar-refractivity contribution in [3.8, 4) is 0 Å². The van der Waals surface area contributed by atoms with Crippen LogP contribution in [0, 0.1) is 5.92 Å². The third-order valence-electron chi connectivity index (χ3n) is 3.63. The van der Waals surface area contributed by atoms with Gasteiger partial charge in [0.15, 0.2) is 0 Å². The lowest BCUT2D eigenvalue weighted by atomic mass is 10.1. The van der Waals surface area contributed by atoms with E-state index in [9.17, 15) is 4.79 Å². The molecule has 5 heteroatoms. The number of nitrogens with two attached hydrogens (primary N) is 1. The Morgan fingerprint density at radius 1 is 1.45 bits per heavy atom. The van der Waals surface area contributed by atoms with Gasteiger partial charge in [0.1, 0.15) is 5.60 Å². The normalized spacial score (nSPS) is 18.8. The molecule has 2 unspecified atom stereocenters. The number of amides is 1. The minimum atomic E-state index is -0.472. The molecule has 118 valence electrons. The van der Waals surface area contributed by atoms with Crippen LogP contribution in [0.4, 0.5) is 4.79 Å². The Morgan fingerprint density at radius 3 is 2.45 bits per heavy atom. The highest BCUT2D eigenvalue weighted by atomic mass is 16.6. The fourth-order valence-electron chi connectivity index (χ4n) is 2.39. The molecule has 1 saturated carbocycles. The number of hydrogen-bond acceptors (Lipinski definition) is 4. The van der Waals surface area contributed by atoms with Gasteiger partial charge in [-0.3, -0.25) is 4.90 Å². The highest BCUT2D eigenvalue weighted by Gasteiger charge is 2.30. The molecule has 1 rings (SSSR count). The van der Waals surface area contributed by atoms with E-state index in [2.05, 4.69) is 17.1 Å². The highest BCUT2D eigenvalue weighted by molar-refractivity contribution is 5.68. The molecular weight excluding hydrogens is 254 g/mol. The number of hydrogen-bond donors (Lipinski definition) is 2. The number of carbonyl (C=O) groups is 1. The van der Waals surface area contributed by atoms with E-state index in [1.807, 2.05) is 27.7 Å². The molecule has 1 fully saturated rings. The van der Waals surface area contributed by atoms with Crippen molar-refractivity contribution in [2.45, 2.75) is 65.1 Å². The lowest BCUT2D eigenvalue weighted by Gasteiger charge is -2.35. The van der Waals surface area contributed by atoms with E-state index < -0.39 is 5.60 Å². The zero-order valence-electron chi connectivity index (χ0n) is 13.6. The van der Waals surface area contributed by atoms with E-state index in [0.29, 0.717) is 6.54 Å². The first kappa shape index (κ1) is 17.2. The van der Waals surface area contributed by atoms with Crippen molar-refractivity contribution < 1.29 is 9.53 Å². The van der Waals surface area contributed by atoms with Crippen molar-refractivity contribution in [2.75, 3.05) is 19.6 Å². The molecule has 5 nitrogen and oxygen atoms in total. The predicted octanol–water partition coefficient (Wildman–Crippen LogP) is 1.96. The lowest BCUT2D eigenvalue weighted by Crippen LogP contribution is -2.54. The first-order chi connectivity index (χ1) is 9.26. The van der Waals surface area contributed by atoms with E-state index in [4.69, 9.17) is 10.5 Å². The molecule has 1 aliphatic rings. The minimum absolute atomic E-state index is 0.0199. The standard InChI is InChI=1S/C15H31N3O2/c1-6-18(10-12-7-8-12)13(9-16)11(2)17-14(19)20-15(3,4)5/h11-13H,6-10,16H2,1-5H3,(H,17,19). The summed E-state index contributed by atoms with van der Waals surface area (Å²) in [6.07, 6.45) is 2.27. The monoisotopic (exact) mass is 285 g/mol. The van der Waals surface area contributed by atoms with Crippen molar-refractivity contribution in [2.24, 2.45) is 11.7 Å². The van der Waals surface area contributed by atoms with Crippen LogP contribution < -0.4 is 11.1 Å². The van der Waals surface area contributed by atoms with Gasteiger partial charge in [0.2, 0.25) is 0 Å². The molecule has 0 aromatic carbocycles. The van der Waals surface area contributed by atoms with Crippen LogP contribution >= 0.6 is 0 Å². The summed E-state index contributed by atoms with van der Waals surface area (Å²) in [6, 6.07) is 0.140. The Kier molecular flexibility index (Phi) is 6.27. The molecule has 1 aliphatic carbocycles. The highest BCUT2D eigenvalue weighted by Crippen LogP contribution is 2.30. The van der Waals surface area contributed by atoms with Gasteiger partial charge in [0, 0.05) is 25.2 Å². The van der Waals surface area contributed by atoms with E-state index in [-0.39, 0.29) is 18.2 Å². The van der Waals surface area contributed by atoms with Crippen molar-refractivity contribution in [3.63, 3.8) is 0 Å². The first-order valence-electron chi connectivity index (χ1n) is 7.70. The van der Waals surface area contributed by atoms with Crippen LogP contribution in [-0.4, -0.2) is 48.3 Å². The summed E-state index contributed by atoms with van der Waals surface area (Å²) in [5.74, 6) is 0.817. The van der Waals surface area contributed by atoms with Gasteiger partial charge in [-0.25, -0.2) is 4.79 Å². The van der Waals surface area contributed by atoms with Gasteiger partial charge in [0.05, 0.1) is 0 Å². The van der Waals surface area contributed by atoms with Crippen LogP contribution in [0.1, 0.15) is 47.5 Å². The van der Waals surface area contributed by atoms with E-state index >= 15 is 0 Å². The largest absolute Gasteiger partial charge is 0.444 e. The Hall–Kier alpha value is -0.810. The SMILES string of the molecule is CCN(CC1CC1)C(CN)C(C)NC(=O)OC(C)(C)C. The molecular formula is C15H31N3O2. The molecule has 0 radical (unpaired) electrons. The molecule has 20 heavy (non-hydrogen) atoms. The van der Waals surface area contributed by atoms with Gasteiger partial charge in [-0.1, -0.05) is 6.92 Å². The average Bonchev–Trinajstić information content (AvgIpc) is 3.09. The van der Waals surface area contributed by atoms with Crippen molar-refractivity contribution >= 4 is 6.09 Å². The van der Waals surface area contributed by atoms with Gasteiger partial charge in [0.25, 0.3) is 0 Å². The Bertz CT molecular complexity index is 311. The zero-order chi connectivity index (χ0) is 15.3. The lowest BCUT2D eigenvalue weighted by molar-refractivity contribution is 0.0470. The second-order valence-corrected chi connectivity index (χ2v) is 6.77. The average molecular weight is 285 g/mol. The van der Waals surface area contributed by atoms with Gasteiger partial charge in [-0.2, -0.15) is 0 Å². The number of nitrogens with one attached hydrogen (secondary N) is 1. The van der Waals surface area contributed by atoms with Crippen molar-refractivity contribution in [3.05, 3.63) is 0 Å². The topological polar surface area (TPSA) is 67.6 Å². The van der Waals surface area contributed by atoms with Crippen LogP contribution in [0.2, 0.25) is 0 Å². The molecule has 0 heterocycles. The van der Waals surface area contributed by atoms with Crippen LogP contribution in [-0.2, 0) is 4.74 Å². The fraction of sp³-hybridized carbons (Fsp3) is 0.933. The Labute approximate surface area is 123 Å². The maximum atomic E-state index is 11.8. The predicted molar refractivity (Wildman–Crippen MR) is 81.6 cm³/mol. The fourth-order valence-corrected chi connectivity index (χ4v) is 2.39. The molecule has 0 aromatic heterocycles. The molecule has 0 aromatic rings. The summed E-state index contributed by atoms with van der Waals surface area (Å²) in [6.45, 7) is 12.3. The summed E-state index contributed by atoms with van der Waals surface area (Å²) in [5.41, 5.74) is 5.44. The third-order valence-corrected chi connectivity index (χ3v) is 3.63. The molecule has 0 spiro atoms. The van der Waals surface area contributed by atoms with Crippen molar-refractivity contribution in [1.82, 2.24) is 10.2 Å². The quantitative estimate of drug-likeness (QED) is 0.750. The number of carbonyl (C=O) groups excluding carboxylic acids is 1. The zero-order valence-corrected chi connectivity index (χ0v) is 13.6. The van der Waals surface area contributed by atoms with Gasteiger partial charge < -0.3 is 15.8 Å². The first-order valence-corrected chi connectivity index (χ1v) is 7.70. The molecule has 0 bridgehead atoms. The number of alkyl carbamates (subject to hydrolysis) is 1. The number of rotatable bonds is 7. The molecule has 1 amide bonds. The second-order valence-electron chi connectivity index (χ2n) is 6.77. The third kappa shape index (κ3) is 6.09. The smallest absolute Gasteiger partial charge is 0.407 e. The Balaban J connectivity index is 2.51. The van der Waals surface area contributed by atoms with Crippen LogP contribution in [0.3, 0.4) is 0 Å². The number of likely N-dealkylation sites (N-methyl/N-ethyl adjacent to an activating group) is 1. The van der Waals surface area contributed by atoms with Crippen molar-refractivity contribution in [1.29, 1.82) is 0 Å². The second kappa shape index (κ2) is 7.27. The van der Waals surface area contributed by atoms with E-state index in [1.54, 1.807) is 0 Å². The summed E-state index contributed by atoms with van der Waals surface area (Å²) >= 11 is 0. The molecule has 2 atom stereocenters. The maximum Gasteiger partial charge on any atom is 0.407 e. The van der Waals surface area contributed by atoms with Crippen LogP contribution in [0.5, 0.6) is 0 Å².